The Morgan fingerprint density at radius 3 is 2.19 bits per heavy atom. The molecule has 1 N–H and O–H groups in total. The average molecular weight is 521 g/mol. The molecule has 196 valence electrons. The number of nitrogens with one attached hydrogen (secondary N) is 1. The van der Waals surface area contributed by atoms with Gasteiger partial charge in [-0.05, 0) is 69.5 Å². The van der Waals surface area contributed by atoms with Gasteiger partial charge in [0.05, 0.1) is 6.61 Å². The average Bonchev–Trinajstić information content (AvgIpc) is 2.85. The summed E-state index contributed by atoms with van der Waals surface area (Å²) in [4.78, 5) is 28.9. The normalized spacial score (nSPS) is 12.0. The van der Waals surface area contributed by atoms with E-state index in [-0.39, 0.29) is 18.2 Å². The van der Waals surface area contributed by atoms with Gasteiger partial charge in [-0.3, -0.25) is 9.59 Å². The molecule has 0 radical (unpaired) electrons. The molecule has 6 heteroatoms. The van der Waals surface area contributed by atoms with E-state index in [2.05, 4.69) is 5.32 Å². The van der Waals surface area contributed by atoms with Gasteiger partial charge in [0.25, 0.3) is 0 Å². The Kier molecular flexibility index (Phi) is 10.2. The minimum Gasteiger partial charge on any atom is -0.494 e. The number of hydrogen-bond acceptors (Lipinski definition) is 3. The second-order valence-corrected chi connectivity index (χ2v) is 10.8. The van der Waals surface area contributed by atoms with E-state index in [0.29, 0.717) is 36.8 Å². The standard InChI is InChI=1S/C31H37ClN2O3/c1-23-12-14-25(15-13-23)22-34(29(35)11-8-20-37-27-18-16-26(32)17-19-27)28(30(36)33-31(2,3)4)21-24-9-6-5-7-10-24/h5-7,9-10,12-19,28H,8,11,20-22H2,1-4H3,(H,33,36)/t28-/m0/s1. The highest BCUT2D eigenvalue weighted by molar-refractivity contribution is 6.30. The summed E-state index contributed by atoms with van der Waals surface area (Å²) in [5, 5.41) is 3.74. The van der Waals surface area contributed by atoms with E-state index < -0.39 is 11.6 Å². The third kappa shape index (κ3) is 9.58. The van der Waals surface area contributed by atoms with E-state index in [9.17, 15) is 9.59 Å². The summed E-state index contributed by atoms with van der Waals surface area (Å²) < 4.78 is 5.78. The van der Waals surface area contributed by atoms with Crippen molar-refractivity contribution in [3.8, 4) is 5.75 Å². The summed E-state index contributed by atoms with van der Waals surface area (Å²) in [6, 6.07) is 24.4. The van der Waals surface area contributed by atoms with Gasteiger partial charge in [0, 0.05) is 29.9 Å². The van der Waals surface area contributed by atoms with Crippen molar-refractivity contribution < 1.29 is 14.3 Å². The summed E-state index contributed by atoms with van der Waals surface area (Å²) in [5.41, 5.74) is 2.71. The Morgan fingerprint density at radius 1 is 0.919 bits per heavy atom. The van der Waals surface area contributed by atoms with Crippen LogP contribution in [-0.2, 0) is 22.6 Å². The fourth-order valence-electron chi connectivity index (χ4n) is 3.98. The fourth-order valence-corrected chi connectivity index (χ4v) is 4.11. The first kappa shape index (κ1) is 28.3. The zero-order chi connectivity index (χ0) is 26.8. The molecule has 3 aromatic rings. The van der Waals surface area contributed by atoms with Crippen molar-refractivity contribution in [2.45, 2.75) is 65.1 Å². The Balaban J connectivity index is 1.80. The SMILES string of the molecule is Cc1ccc(CN(C(=O)CCCOc2ccc(Cl)cc2)[C@@H](Cc2ccccc2)C(=O)NC(C)(C)C)cc1. The van der Waals surface area contributed by atoms with Crippen molar-refractivity contribution in [1.29, 1.82) is 0 Å². The van der Waals surface area contributed by atoms with Crippen LogP contribution in [0.15, 0.2) is 78.9 Å². The van der Waals surface area contributed by atoms with E-state index >= 15 is 0 Å². The molecular formula is C31H37ClN2O3. The van der Waals surface area contributed by atoms with Crippen LogP contribution in [0.3, 0.4) is 0 Å². The van der Waals surface area contributed by atoms with Gasteiger partial charge >= 0.3 is 0 Å². The first-order valence-electron chi connectivity index (χ1n) is 12.7. The van der Waals surface area contributed by atoms with E-state index in [0.717, 1.165) is 16.7 Å². The van der Waals surface area contributed by atoms with Gasteiger partial charge in [-0.1, -0.05) is 71.8 Å². The largest absolute Gasteiger partial charge is 0.494 e. The predicted octanol–water partition coefficient (Wildman–Crippen LogP) is 6.36. The highest BCUT2D eigenvalue weighted by Crippen LogP contribution is 2.19. The molecule has 0 fully saturated rings. The van der Waals surface area contributed by atoms with Crippen LogP contribution in [0.5, 0.6) is 5.75 Å². The molecule has 0 aromatic heterocycles. The van der Waals surface area contributed by atoms with Crippen LogP contribution in [0, 0.1) is 6.92 Å². The number of aryl methyl sites for hydroxylation is 1. The lowest BCUT2D eigenvalue weighted by Crippen LogP contribution is -2.54. The third-order valence-corrected chi connectivity index (χ3v) is 6.11. The van der Waals surface area contributed by atoms with Gasteiger partial charge in [0.2, 0.25) is 11.8 Å². The van der Waals surface area contributed by atoms with E-state index in [1.54, 1.807) is 29.2 Å². The maximum atomic E-state index is 13.6. The van der Waals surface area contributed by atoms with Crippen LogP contribution < -0.4 is 10.1 Å². The molecule has 5 nitrogen and oxygen atoms in total. The Morgan fingerprint density at radius 2 is 1.57 bits per heavy atom. The van der Waals surface area contributed by atoms with Crippen LogP contribution >= 0.6 is 11.6 Å². The molecule has 3 rings (SSSR count). The van der Waals surface area contributed by atoms with Crippen molar-refractivity contribution in [1.82, 2.24) is 10.2 Å². The molecule has 0 saturated heterocycles. The lowest BCUT2D eigenvalue weighted by atomic mass is 10.00. The highest BCUT2D eigenvalue weighted by atomic mass is 35.5. The Bertz CT molecular complexity index is 1140. The van der Waals surface area contributed by atoms with Gasteiger partial charge in [0.15, 0.2) is 0 Å². The number of benzene rings is 3. The van der Waals surface area contributed by atoms with Crippen LogP contribution in [0.2, 0.25) is 5.02 Å². The topological polar surface area (TPSA) is 58.6 Å². The molecular weight excluding hydrogens is 484 g/mol. The molecule has 2 amide bonds. The van der Waals surface area contributed by atoms with Crippen LogP contribution in [0.1, 0.15) is 50.3 Å². The predicted molar refractivity (Wildman–Crippen MR) is 150 cm³/mol. The van der Waals surface area contributed by atoms with E-state index in [4.69, 9.17) is 16.3 Å². The molecule has 1 atom stereocenters. The summed E-state index contributed by atoms with van der Waals surface area (Å²) in [6.45, 7) is 8.62. The third-order valence-electron chi connectivity index (χ3n) is 5.86. The Labute approximate surface area is 225 Å². The number of rotatable bonds is 11. The first-order chi connectivity index (χ1) is 17.6. The number of halogens is 1. The summed E-state index contributed by atoms with van der Waals surface area (Å²) in [7, 11) is 0. The maximum Gasteiger partial charge on any atom is 0.243 e. The number of carbonyl (C=O) groups is 2. The zero-order valence-corrected chi connectivity index (χ0v) is 22.9. The van der Waals surface area contributed by atoms with Crippen molar-refractivity contribution in [2.75, 3.05) is 6.61 Å². The first-order valence-corrected chi connectivity index (χ1v) is 13.1. The van der Waals surface area contributed by atoms with Crippen molar-refractivity contribution in [3.05, 3.63) is 101 Å². The number of carbonyl (C=O) groups excluding carboxylic acids is 2. The minimum absolute atomic E-state index is 0.0785. The summed E-state index contributed by atoms with van der Waals surface area (Å²) >= 11 is 5.94. The van der Waals surface area contributed by atoms with Gasteiger partial charge < -0.3 is 15.0 Å². The molecule has 0 saturated carbocycles. The molecule has 0 spiro atoms. The smallest absolute Gasteiger partial charge is 0.243 e. The number of ether oxygens (including phenoxy) is 1. The highest BCUT2D eigenvalue weighted by Gasteiger charge is 2.32. The Hall–Kier alpha value is -3.31. The van der Waals surface area contributed by atoms with Gasteiger partial charge in [-0.15, -0.1) is 0 Å². The maximum absolute atomic E-state index is 13.6. The number of hydrogen-bond donors (Lipinski definition) is 1. The van der Waals surface area contributed by atoms with Crippen molar-refractivity contribution >= 4 is 23.4 Å². The molecule has 0 aliphatic rings. The number of nitrogens with zero attached hydrogens (tertiary/aromatic N) is 1. The molecule has 0 aliphatic carbocycles. The van der Waals surface area contributed by atoms with Gasteiger partial charge in [-0.2, -0.15) is 0 Å². The quantitative estimate of drug-likeness (QED) is 0.299. The molecule has 0 heterocycles. The van der Waals surface area contributed by atoms with Crippen LogP contribution in [0.4, 0.5) is 0 Å². The molecule has 0 bridgehead atoms. The van der Waals surface area contributed by atoms with Gasteiger partial charge in [0.1, 0.15) is 11.8 Å². The van der Waals surface area contributed by atoms with Crippen LogP contribution in [0.25, 0.3) is 0 Å². The second kappa shape index (κ2) is 13.3. The minimum atomic E-state index is -0.646. The molecule has 0 unspecified atom stereocenters. The van der Waals surface area contributed by atoms with Crippen LogP contribution in [-0.4, -0.2) is 34.9 Å². The van der Waals surface area contributed by atoms with E-state index in [1.807, 2.05) is 82.3 Å². The van der Waals surface area contributed by atoms with Crippen molar-refractivity contribution in [3.63, 3.8) is 0 Å². The zero-order valence-electron chi connectivity index (χ0n) is 22.2. The van der Waals surface area contributed by atoms with Gasteiger partial charge in [-0.25, -0.2) is 0 Å². The fraction of sp³-hybridized carbons (Fsp3) is 0.355. The number of amides is 2. The monoisotopic (exact) mass is 520 g/mol. The molecule has 37 heavy (non-hydrogen) atoms. The summed E-state index contributed by atoms with van der Waals surface area (Å²) in [5.74, 6) is 0.472. The lowest BCUT2D eigenvalue weighted by molar-refractivity contribution is -0.142. The molecule has 0 aliphatic heterocycles. The van der Waals surface area contributed by atoms with E-state index in [1.165, 1.54) is 0 Å². The van der Waals surface area contributed by atoms with Crippen molar-refractivity contribution in [2.24, 2.45) is 0 Å². The molecule has 3 aromatic carbocycles. The summed E-state index contributed by atoms with van der Waals surface area (Å²) in [6.07, 6.45) is 1.24. The second-order valence-electron chi connectivity index (χ2n) is 10.4. The lowest BCUT2D eigenvalue weighted by Gasteiger charge is -2.34.